The van der Waals surface area contributed by atoms with Gasteiger partial charge in [0.1, 0.15) is 11.5 Å². The molecule has 0 saturated heterocycles. The van der Waals surface area contributed by atoms with Crippen LogP contribution in [0, 0.1) is 0 Å². The Morgan fingerprint density at radius 3 is 1.42 bits per heavy atom. The number of para-hydroxylation sites is 1. The summed E-state index contributed by atoms with van der Waals surface area (Å²) in [6.45, 7) is 4.70. The molecule has 65 heavy (non-hydrogen) atoms. The lowest BCUT2D eigenvalue weighted by Crippen LogP contribution is -2.16. The highest BCUT2D eigenvalue weighted by Crippen LogP contribution is 2.53. The minimum Gasteiger partial charge on any atom is -0.455 e. The Morgan fingerprint density at radius 1 is 0.292 bits per heavy atom. The summed E-state index contributed by atoms with van der Waals surface area (Å²) in [5, 5.41) is 0. The molecule has 2 nitrogen and oxygen atoms in total. The van der Waals surface area contributed by atoms with Gasteiger partial charge in [-0.1, -0.05) is 196 Å². The van der Waals surface area contributed by atoms with E-state index in [1.807, 2.05) is 0 Å². The number of nitrogens with zero attached hydrogens (tertiary/aromatic N) is 1. The lowest BCUT2D eigenvalue weighted by molar-refractivity contribution is 0.489. The fourth-order valence-corrected chi connectivity index (χ4v) is 10.2. The monoisotopic (exact) mass is 831 g/mol. The highest BCUT2D eigenvalue weighted by molar-refractivity contribution is 5.97. The summed E-state index contributed by atoms with van der Waals surface area (Å²) in [6, 6.07) is 85.6. The summed E-state index contributed by atoms with van der Waals surface area (Å²) in [4.78, 5) is 2.39. The molecule has 0 radical (unpaired) electrons. The lowest BCUT2D eigenvalue weighted by atomic mass is 9.82. The third-order valence-electron chi connectivity index (χ3n) is 13.5. The van der Waals surface area contributed by atoms with Crippen molar-refractivity contribution >= 4 is 17.1 Å². The van der Waals surface area contributed by atoms with E-state index in [0.717, 1.165) is 73.1 Å². The number of hydrogen-bond acceptors (Lipinski definition) is 2. The first-order chi connectivity index (χ1) is 32.0. The van der Waals surface area contributed by atoms with Gasteiger partial charge in [0, 0.05) is 39.2 Å². The summed E-state index contributed by atoms with van der Waals surface area (Å²) in [7, 11) is 0. The zero-order chi connectivity index (χ0) is 43.5. The maximum Gasteiger partial charge on any atom is 0.143 e. The molecule has 2 aliphatic rings. The van der Waals surface area contributed by atoms with Gasteiger partial charge in [-0.2, -0.15) is 0 Å². The van der Waals surface area contributed by atoms with Crippen LogP contribution in [-0.2, 0) is 5.41 Å². The number of benzene rings is 10. The molecule has 0 fully saturated rings. The van der Waals surface area contributed by atoms with Crippen molar-refractivity contribution in [1.82, 2.24) is 0 Å². The van der Waals surface area contributed by atoms with Crippen LogP contribution in [0.5, 0.6) is 11.5 Å². The van der Waals surface area contributed by atoms with Gasteiger partial charge in [-0.15, -0.1) is 0 Å². The van der Waals surface area contributed by atoms with Crippen LogP contribution >= 0.6 is 0 Å². The lowest BCUT2D eigenvalue weighted by Gasteiger charge is -2.28. The highest BCUT2D eigenvalue weighted by atomic mass is 16.5. The molecule has 10 aromatic carbocycles. The Balaban J connectivity index is 0.978. The summed E-state index contributed by atoms with van der Waals surface area (Å²) < 4.78 is 7.22. The largest absolute Gasteiger partial charge is 0.455 e. The van der Waals surface area contributed by atoms with Gasteiger partial charge in [0.05, 0.1) is 0 Å². The fraction of sp³-hybridized carbons (Fsp3) is 0.0476. The molecule has 10 aromatic rings. The Labute approximate surface area is 381 Å². The summed E-state index contributed by atoms with van der Waals surface area (Å²) in [5.74, 6) is 1.69. The van der Waals surface area contributed by atoms with E-state index in [2.05, 4.69) is 255 Å². The highest BCUT2D eigenvalue weighted by Gasteiger charge is 2.36. The van der Waals surface area contributed by atoms with Crippen LogP contribution in [0.25, 0.3) is 77.9 Å². The van der Waals surface area contributed by atoms with Crippen molar-refractivity contribution in [3.8, 4) is 89.4 Å². The molecule has 0 atom stereocenters. The second-order valence-corrected chi connectivity index (χ2v) is 17.7. The van der Waals surface area contributed by atoms with Crippen LogP contribution in [0.15, 0.2) is 237 Å². The molecule has 0 saturated carbocycles. The van der Waals surface area contributed by atoms with Gasteiger partial charge in [0.25, 0.3) is 0 Å². The Bertz CT molecular complexity index is 3390. The number of fused-ring (bicyclic) bond motifs is 8. The predicted molar refractivity (Wildman–Crippen MR) is 271 cm³/mol. The second-order valence-electron chi connectivity index (χ2n) is 17.7. The molecule has 0 N–H and O–H groups in total. The van der Waals surface area contributed by atoms with Crippen LogP contribution in [0.2, 0.25) is 0 Å². The summed E-state index contributed by atoms with van der Waals surface area (Å²) >= 11 is 0. The molecule has 1 aliphatic heterocycles. The zero-order valence-electron chi connectivity index (χ0n) is 36.4. The maximum absolute atomic E-state index is 7.22. The van der Waals surface area contributed by atoms with Crippen LogP contribution in [0.4, 0.5) is 17.1 Å². The molecule has 308 valence electrons. The number of anilines is 3. The summed E-state index contributed by atoms with van der Waals surface area (Å²) in [6.07, 6.45) is 0. The molecule has 0 spiro atoms. The standard InChI is InChI=1S/C63H45NO/c1-63(2)59-24-13-12-21-54(59)55-38-35-51(41-60(55)63)64(49-31-25-45(26-32-49)42-15-6-3-7-16-42)50-33-27-46(28-34-50)52-22-14-23-57-53-36-29-47(43-17-8-4-9-18-43)39-58(53)56-37-30-48(40-61(56)65-62(52)57)44-19-10-5-11-20-44/h3-41H,1-2H3. The van der Waals surface area contributed by atoms with Gasteiger partial charge in [-0.05, 0) is 127 Å². The SMILES string of the molecule is CC1(C)c2ccccc2-c2ccc(N(c3ccc(-c4ccccc4)cc3)c3ccc(-c4cccc5c4Oc4cc(-c6ccccc6)ccc4-c4cc(-c6ccccc6)ccc4-5)cc3)cc21. The van der Waals surface area contributed by atoms with E-state index in [1.165, 1.54) is 44.5 Å². The molecule has 1 heterocycles. The van der Waals surface area contributed by atoms with Crippen molar-refractivity contribution in [1.29, 1.82) is 0 Å². The van der Waals surface area contributed by atoms with E-state index in [9.17, 15) is 0 Å². The Morgan fingerprint density at radius 2 is 0.754 bits per heavy atom. The van der Waals surface area contributed by atoms with Gasteiger partial charge in [0.2, 0.25) is 0 Å². The van der Waals surface area contributed by atoms with E-state index in [4.69, 9.17) is 4.74 Å². The van der Waals surface area contributed by atoms with Crippen LogP contribution in [0.1, 0.15) is 25.0 Å². The zero-order valence-corrected chi connectivity index (χ0v) is 36.4. The van der Waals surface area contributed by atoms with Crippen LogP contribution < -0.4 is 9.64 Å². The van der Waals surface area contributed by atoms with Crippen LogP contribution in [-0.4, -0.2) is 0 Å². The molecule has 2 heteroatoms. The van der Waals surface area contributed by atoms with Gasteiger partial charge in [-0.25, -0.2) is 0 Å². The van der Waals surface area contributed by atoms with E-state index in [0.29, 0.717) is 0 Å². The third-order valence-corrected chi connectivity index (χ3v) is 13.5. The summed E-state index contributed by atoms with van der Waals surface area (Å²) in [5.41, 5.74) is 22.1. The molecular formula is C63H45NO. The second kappa shape index (κ2) is 15.6. The first kappa shape index (κ1) is 38.5. The van der Waals surface area contributed by atoms with Crippen molar-refractivity contribution in [2.45, 2.75) is 19.3 Å². The van der Waals surface area contributed by atoms with E-state index < -0.39 is 0 Å². The van der Waals surface area contributed by atoms with E-state index in [-0.39, 0.29) is 5.41 Å². The Hall–Kier alpha value is -8.20. The minimum absolute atomic E-state index is 0.123. The topological polar surface area (TPSA) is 12.5 Å². The van der Waals surface area contributed by atoms with E-state index in [1.54, 1.807) is 0 Å². The van der Waals surface area contributed by atoms with Gasteiger partial charge in [0.15, 0.2) is 0 Å². The average Bonchev–Trinajstić information content (AvgIpc) is 3.50. The molecule has 1 aliphatic carbocycles. The van der Waals surface area contributed by atoms with Crippen molar-refractivity contribution in [3.63, 3.8) is 0 Å². The first-order valence-corrected chi connectivity index (χ1v) is 22.5. The molecule has 0 unspecified atom stereocenters. The van der Waals surface area contributed by atoms with Crippen molar-refractivity contribution in [3.05, 3.63) is 248 Å². The van der Waals surface area contributed by atoms with Crippen molar-refractivity contribution in [2.24, 2.45) is 0 Å². The minimum atomic E-state index is -0.123. The molecule has 0 amide bonds. The Kier molecular flexibility index (Phi) is 9.21. The van der Waals surface area contributed by atoms with Gasteiger partial charge < -0.3 is 9.64 Å². The van der Waals surface area contributed by atoms with Gasteiger partial charge in [-0.3, -0.25) is 0 Å². The maximum atomic E-state index is 7.22. The quantitative estimate of drug-likeness (QED) is 0.159. The van der Waals surface area contributed by atoms with Crippen LogP contribution in [0.3, 0.4) is 0 Å². The smallest absolute Gasteiger partial charge is 0.143 e. The predicted octanol–water partition coefficient (Wildman–Crippen LogP) is 17.6. The normalized spacial score (nSPS) is 12.7. The fourth-order valence-electron chi connectivity index (χ4n) is 10.2. The average molecular weight is 832 g/mol. The van der Waals surface area contributed by atoms with E-state index >= 15 is 0 Å². The molecular weight excluding hydrogens is 787 g/mol. The third kappa shape index (κ3) is 6.65. The molecule has 12 rings (SSSR count). The first-order valence-electron chi connectivity index (χ1n) is 22.5. The van der Waals surface area contributed by atoms with Gasteiger partial charge >= 0.3 is 0 Å². The van der Waals surface area contributed by atoms with Crippen molar-refractivity contribution < 1.29 is 4.74 Å². The number of ether oxygens (including phenoxy) is 1. The number of rotatable bonds is 7. The molecule has 0 aromatic heterocycles. The van der Waals surface area contributed by atoms with Crippen molar-refractivity contribution in [2.75, 3.05) is 4.90 Å². The number of hydrogen-bond donors (Lipinski definition) is 0. The molecule has 0 bridgehead atoms.